The number of carboxylic acids is 1. The first-order valence-electron chi connectivity index (χ1n) is 4.00. The number of benzene rings is 1. The molecule has 0 saturated heterocycles. The van der Waals surface area contributed by atoms with Crippen LogP contribution in [0.25, 0.3) is 0 Å². The van der Waals surface area contributed by atoms with Gasteiger partial charge in [0, 0.05) is 6.42 Å². The normalized spacial score (nSPS) is 10.3. The van der Waals surface area contributed by atoms with Gasteiger partial charge in [-0.2, -0.15) is 4.39 Å². The molecular formula is C9H7BrF2O3. The van der Waals surface area contributed by atoms with Crippen molar-refractivity contribution in [2.45, 2.75) is 12.8 Å². The lowest BCUT2D eigenvalue weighted by Crippen LogP contribution is -2.01. The summed E-state index contributed by atoms with van der Waals surface area (Å²) in [6.45, 7) is 0. The second-order valence-electron chi connectivity index (χ2n) is 2.89. The van der Waals surface area contributed by atoms with Crippen LogP contribution in [0.4, 0.5) is 8.78 Å². The quantitative estimate of drug-likeness (QED) is 0.837. The molecule has 0 aliphatic carbocycles. The van der Waals surface area contributed by atoms with Crippen molar-refractivity contribution >= 4 is 21.9 Å². The van der Waals surface area contributed by atoms with E-state index in [1.54, 1.807) is 0 Å². The fourth-order valence-electron chi connectivity index (χ4n) is 1.06. The number of aliphatic carboxylic acids is 1. The van der Waals surface area contributed by atoms with Crippen molar-refractivity contribution in [3.63, 3.8) is 0 Å². The number of carboxylic acid groups (broad SMARTS) is 1. The van der Waals surface area contributed by atoms with Gasteiger partial charge in [-0.3, -0.25) is 4.79 Å². The van der Waals surface area contributed by atoms with Crippen molar-refractivity contribution in [3.8, 4) is 5.75 Å². The van der Waals surface area contributed by atoms with Crippen molar-refractivity contribution < 1.29 is 23.8 Å². The summed E-state index contributed by atoms with van der Waals surface area (Å²) in [5, 5.41) is 17.4. The minimum atomic E-state index is -1.37. The Hall–Kier alpha value is -1.17. The Balaban J connectivity index is 3.04. The highest BCUT2D eigenvalue weighted by Gasteiger charge is 2.16. The molecule has 0 spiro atoms. The summed E-state index contributed by atoms with van der Waals surface area (Å²) in [5.41, 5.74) is -0.0837. The molecule has 0 bridgehead atoms. The minimum Gasteiger partial charge on any atom is -0.504 e. The molecule has 1 rings (SSSR count). The number of aromatic hydroxyl groups is 1. The van der Waals surface area contributed by atoms with Crippen LogP contribution >= 0.6 is 15.9 Å². The highest BCUT2D eigenvalue weighted by Crippen LogP contribution is 2.31. The zero-order valence-electron chi connectivity index (χ0n) is 7.43. The van der Waals surface area contributed by atoms with E-state index in [2.05, 4.69) is 15.9 Å². The molecule has 0 saturated carbocycles. The maximum absolute atomic E-state index is 13.1. The van der Waals surface area contributed by atoms with Crippen molar-refractivity contribution in [1.82, 2.24) is 0 Å². The number of hydrogen-bond acceptors (Lipinski definition) is 2. The number of halogens is 3. The Morgan fingerprint density at radius 1 is 1.40 bits per heavy atom. The first-order chi connectivity index (χ1) is 6.93. The molecule has 1 aromatic rings. The fourth-order valence-corrected chi connectivity index (χ4v) is 1.51. The third kappa shape index (κ3) is 2.65. The van der Waals surface area contributed by atoms with Gasteiger partial charge < -0.3 is 10.2 Å². The van der Waals surface area contributed by atoms with Crippen molar-refractivity contribution in [3.05, 3.63) is 27.7 Å². The van der Waals surface area contributed by atoms with Gasteiger partial charge in [-0.05, 0) is 34.0 Å². The molecular weight excluding hydrogens is 274 g/mol. The summed E-state index contributed by atoms with van der Waals surface area (Å²) < 4.78 is 26.1. The first kappa shape index (κ1) is 11.9. The maximum Gasteiger partial charge on any atom is 0.303 e. The highest BCUT2D eigenvalue weighted by atomic mass is 79.9. The van der Waals surface area contributed by atoms with Crippen molar-refractivity contribution in [1.29, 1.82) is 0 Å². The van der Waals surface area contributed by atoms with Crippen LogP contribution in [0.1, 0.15) is 12.0 Å². The number of aryl methyl sites for hydroxylation is 1. The average molecular weight is 281 g/mol. The van der Waals surface area contributed by atoms with Gasteiger partial charge in [-0.1, -0.05) is 0 Å². The molecule has 2 N–H and O–H groups in total. The largest absolute Gasteiger partial charge is 0.504 e. The summed E-state index contributed by atoms with van der Waals surface area (Å²) in [5.74, 6) is -4.49. The molecule has 0 radical (unpaired) electrons. The van der Waals surface area contributed by atoms with Crippen LogP contribution in [0.5, 0.6) is 5.75 Å². The zero-order chi connectivity index (χ0) is 11.6. The van der Waals surface area contributed by atoms with Crippen LogP contribution in [0.2, 0.25) is 0 Å². The Bertz CT molecular complexity index is 407. The van der Waals surface area contributed by atoms with Gasteiger partial charge in [0.05, 0.1) is 4.47 Å². The Kier molecular flexibility index (Phi) is 3.62. The summed E-state index contributed by atoms with van der Waals surface area (Å²) >= 11 is 2.83. The van der Waals surface area contributed by atoms with Gasteiger partial charge in [0.15, 0.2) is 11.6 Å². The molecule has 82 valence electrons. The lowest BCUT2D eigenvalue weighted by atomic mass is 10.1. The van der Waals surface area contributed by atoms with E-state index in [-0.39, 0.29) is 22.9 Å². The number of hydrogen-bond donors (Lipinski definition) is 2. The van der Waals surface area contributed by atoms with E-state index in [1.165, 1.54) is 0 Å². The van der Waals surface area contributed by atoms with Crippen LogP contribution in [-0.2, 0) is 11.2 Å². The topological polar surface area (TPSA) is 57.5 Å². The van der Waals surface area contributed by atoms with E-state index < -0.39 is 23.4 Å². The fraction of sp³-hybridized carbons (Fsp3) is 0.222. The van der Waals surface area contributed by atoms with Gasteiger partial charge in [-0.25, -0.2) is 4.39 Å². The molecule has 0 fully saturated rings. The predicted octanol–water partition coefficient (Wildman–Crippen LogP) is 2.45. The molecule has 0 aromatic heterocycles. The average Bonchev–Trinajstić information content (AvgIpc) is 2.18. The second-order valence-corrected chi connectivity index (χ2v) is 3.74. The number of carbonyl (C=O) groups is 1. The van der Waals surface area contributed by atoms with E-state index in [4.69, 9.17) is 10.2 Å². The summed E-state index contributed by atoms with van der Waals surface area (Å²) in [6.07, 6.45) is -0.426. The minimum absolute atomic E-state index is 0.00166. The standard InChI is InChI=1S/C9H7BrF2O3/c10-5-3-4(1-2-6(13)14)7(11)8(12)9(5)15/h3,15H,1-2H2,(H,13,14). The molecule has 0 aliphatic heterocycles. The summed E-state index contributed by atoms with van der Waals surface area (Å²) in [7, 11) is 0. The molecule has 6 heteroatoms. The second kappa shape index (κ2) is 4.57. The molecule has 15 heavy (non-hydrogen) atoms. The van der Waals surface area contributed by atoms with Gasteiger partial charge in [0.25, 0.3) is 0 Å². The summed E-state index contributed by atoms with van der Waals surface area (Å²) in [6, 6.07) is 1.16. The Labute approximate surface area is 92.5 Å². The van der Waals surface area contributed by atoms with Crippen LogP contribution in [0.3, 0.4) is 0 Å². The number of phenolic OH excluding ortho intramolecular Hbond substituents is 1. The highest BCUT2D eigenvalue weighted by molar-refractivity contribution is 9.10. The van der Waals surface area contributed by atoms with Crippen LogP contribution in [0.15, 0.2) is 10.5 Å². The smallest absolute Gasteiger partial charge is 0.303 e. The summed E-state index contributed by atoms with van der Waals surface area (Å²) in [4.78, 5) is 10.2. The lowest BCUT2D eigenvalue weighted by molar-refractivity contribution is -0.136. The molecule has 0 heterocycles. The van der Waals surface area contributed by atoms with E-state index in [9.17, 15) is 13.6 Å². The van der Waals surface area contributed by atoms with E-state index >= 15 is 0 Å². The molecule has 0 unspecified atom stereocenters. The van der Waals surface area contributed by atoms with Gasteiger partial charge in [0.1, 0.15) is 0 Å². The predicted molar refractivity (Wildman–Crippen MR) is 51.7 cm³/mol. The van der Waals surface area contributed by atoms with Crippen LogP contribution in [0, 0.1) is 11.6 Å². The zero-order valence-corrected chi connectivity index (χ0v) is 9.01. The van der Waals surface area contributed by atoms with Crippen LogP contribution < -0.4 is 0 Å². The molecule has 0 atom stereocenters. The number of phenols is 1. The van der Waals surface area contributed by atoms with E-state index in [0.29, 0.717) is 0 Å². The third-order valence-corrected chi connectivity index (χ3v) is 2.42. The van der Waals surface area contributed by atoms with E-state index in [0.717, 1.165) is 6.07 Å². The SMILES string of the molecule is O=C(O)CCc1cc(Br)c(O)c(F)c1F. The van der Waals surface area contributed by atoms with Gasteiger partial charge in [-0.15, -0.1) is 0 Å². The number of rotatable bonds is 3. The maximum atomic E-state index is 13.1. The van der Waals surface area contributed by atoms with E-state index in [1.807, 2.05) is 0 Å². The molecule has 0 amide bonds. The Morgan fingerprint density at radius 3 is 2.53 bits per heavy atom. The van der Waals surface area contributed by atoms with Gasteiger partial charge in [0.2, 0.25) is 5.82 Å². The molecule has 0 aliphatic rings. The monoisotopic (exact) mass is 280 g/mol. The molecule has 1 aromatic carbocycles. The first-order valence-corrected chi connectivity index (χ1v) is 4.80. The van der Waals surface area contributed by atoms with Crippen LogP contribution in [-0.4, -0.2) is 16.2 Å². The van der Waals surface area contributed by atoms with Gasteiger partial charge >= 0.3 is 5.97 Å². The van der Waals surface area contributed by atoms with Crippen molar-refractivity contribution in [2.24, 2.45) is 0 Å². The van der Waals surface area contributed by atoms with Crippen molar-refractivity contribution in [2.75, 3.05) is 0 Å². The molecule has 3 nitrogen and oxygen atoms in total. The Morgan fingerprint density at radius 2 is 2.00 bits per heavy atom. The lowest BCUT2D eigenvalue weighted by Gasteiger charge is -2.05. The third-order valence-electron chi connectivity index (χ3n) is 1.82.